The Bertz CT molecular complexity index is 1830. The van der Waals surface area contributed by atoms with Crippen LogP contribution in [0.4, 0.5) is 23.2 Å². The topological polar surface area (TPSA) is 73.2 Å². The van der Waals surface area contributed by atoms with Crippen LogP contribution in [0.3, 0.4) is 0 Å². The van der Waals surface area contributed by atoms with Gasteiger partial charge >= 0.3 is 12.1 Å². The highest BCUT2D eigenvalue weighted by Gasteiger charge is 2.30. The van der Waals surface area contributed by atoms with Crippen molar-refractivity contribution in [2.24, 2.45) is 0 Å². The molecule has 0 saturated carbocycles. The molecule has 0 saturated heterocycles. The van der Waals surface area contributed by atoms with Gasteiger partial charge in [-0.3, -0.25) is 9.59 Å². The SMILES string of the molecule is CC(=O)Oc1c(-c2ccc(NC(=O)c3ccc(C(F)(F)F)cc3)cc2)c(-c2ccccc2F)nn1-c1ccc(C)cc1C. The number of carbonyl (C=O) groups excluding carboxylic acids is 2. The van der Waals surface area contributed by atoms with E-state index in [9.17, 15) is 22.8 Å². The Morgan fingerprint density at radius 2 is 1.56 bits per heavy atom. The van der Waals surface area contributed by atoms with Gasteiger partial charge in [0, 0.05) is 23.7 Å². The molecule has 0 aliphatic rings. The van der Waals surface area contributed by atoms with E-state index in [0.717, 1.165) is 35.4 Å². The molecule has 1 N–H and O–H groups in total. The number of rotatable bonds is 6. The molecule has 5 aromatic rings. The standard InChI is InChI=1S/C33H25F4N3O3/c1-19-8-17-28(20(2)18-19)40-32(43-21(3)41)29(30(39-40)26-6-4-5-7-27(26)34)22-11-15-25(16-12-22)38-31(42)23-9-13-24(14-10-23)33(35,36)37/h4-18H,1-3H3,(H,38,42). The van der Waals surface area contributed by atoms with Crippen LogP contribution in [0.25, 0.3) is 28.1 Å². The summed E-state index contributed by atoms with van der Waals surface area (Å²) in [4.78, 5) is 25.0. The van der Waals surface area contributed by atoms with Gasteiger partial charge in [0.1, 0.15) is 11.5 Å². The number of esters is 1. The molecule has 4 aromatic carbocycles. The first-order valence-corrected chi connectivity index (χ1v) is 13.2. The number of amides is 1. The van der Waals surface area contributed by atoms with Crippen molar-refractivity contribution >= 4 is 17.6 Å². The van der Waals surface area contributed by atoms with Crippen molar-refractivity contribution in [2.45, 2.75) is 26.9 Å². The summed E-state index contributed by atoms with van der Waals surface area (Å²) in [6, 6.07) is 22.1. The van der Waals surface area contributed by atoms with E-state index in [1.54, 1.807) is 42.5 Å². The van der Waals surface area contributed by atoms with Crippen molar-refractivity contribution in [3.63, 3.8) is 0 Å². The predicted molar refractivity (Wildman–Crippen MR) is 155 cm³/mol. The van der Waals surface area contributed by atoms with Crippen LogP contribution in [-0.4, -0.2) is 21.7 Å². The number of ether oxygens (including phenoxy) is 1. The van der Waals surface area contributed by atoms with Gasteiger partial charge in [-0.15, -0.1) is 0 Å². The molecule has 0 spiro atoms. The normalized spacial score (nSPS) is 11.3. The Kier molecular flexibility index (Phi) is 7.86. The molecule has 10 heteroatoms. The second-order valence-corrected chi connectivity index (χ2v) is 9.91. The number of nitrogens with one attached hydrogen (secondary N) is 1. The smallest absolute Gasteiger partial charge is 0.407 e. The monoisotopic (exact) mass is 587 g/mol. The summed E-state index contributed by atoms with van der Waals surface area (Å²) in [6.07, 6.45) is -4.51. The number of hydrogen-bond acceptors (Lipinski definition) is 4. The maximum atomic E-state index is 15.1. The van der Waals surface area contributed by atoms with Crippen LogP contribution in [0.2, 0.25) is 0 Å². The van der Waals surface area contributed by atoms with Crippen LogP contribution in [-0.2, 0) is 11.0 Å². The molecular formula is C33H25F4N3O3. The van der Waals surface area contributed by atoms with E-state index < -0.39 is 29.4 Å². The third-order valence-corrected chi connectivity index (χ3v) is 6.70. The van der Waals surface area contributed by atoms with Gasteiger partial charge in [0.15, 0.2) is 0 Å². The van der Waals surface area contributed by atoms with Gasteiger partial charge < -0.3 is 10.1 Å². The Hall–Kier alpha value is -5.25. The van der Waals surface area contributed by atoms with Gasteiger partial charge in [0.2, 0.25) is 5.88 Å². The Morgan fingerprint density at radius 3 is 2.16 bits per heavy atom. The first-order chi connectivity index (χ1) is 20.4. The highest BCUT2D eigenvalue weighted by molar-refractivity contribution is 6.04. The summed E-state index contributed by atoms with van der Waals surface area (Å²) in [5.41, 5.74) is 3.33. The minimum atomic E-state index is -4.51. The van der Waals surface area contributed by atoms with Crippen molar-refractivity contribution in [3.05, 3.63) is 119 Å². The van der Waals surface area contributed by atoms with Crippen LogP contribution < -0.4 is 10.1 Å². The van der Waals surface area contributed by atoms with Crippen LogP contribution in [0.15, 0.2) is 91.0 Å². The Labute approximate surface area is 244 Å². The zero-order valence-corrected chi connectivity index (χ0v) is 23.3. The van der Waals surface area contributed by atoms with Gasteiger partial charge in [0.05, 0.1) is 16.8 Å². The summed E-state index contributed by atoms with van der Waals surface area (Å²) in [5, 5.41) is 7.37. The molecule has 0 radical (unpaired) electrons. The van der Waals surface area contributed by atoms with E-state index in [4.69, 9.17) is 9.84 Å². The molecular weight excluding hydrogens is 562 g/mol. The molecule has 6 nitrogen and oxygen atoms in total. The number of nitrogens with zero attached hydrogens (tertiary/aromatic N) is 2. The Morgan fingerprint density at radius 1 is 0.884 bits per heavy atom. The number of benzene rings is 4. The van der Waals surface area contributed by atoms with Crippen LogP contribution in [0, 0.1) is 19.7 Å². The van der Waals surface area contributed by atoms with Gasteiger partial charge in [-0.05, 0) is 79.6 Å². The second kappa shape index (κ2) is 11.6. The number of hydrogen-bond donors (Lipinski definition) is 1. The predicted octanol–water partition coefficient (Wildman–Crippen LogP) is 8.16. The fourth-order valence-corrected chi connectivity index (χ4v) is 4.68. The van der Waals surface area contributed by atoms with Crippen molar-refractivity contribution in [1.82, 2.24) is 9.78 Å². The van der Waals surface area contributed by atoms with Crippen molar-refractivity contribution < 1.29 is 31.9 Å². The number of anilines is 1. The molecule has 5 rings (SSSR count). The largest absolute Gasteiger partial charge is 0.416 e. The van der Waals surface area contributed by atoms with E-state index in [1.165, 1.54) is 17.7 Å². The fourth-order valence-electron chi connectivity index (χ4n) is 4.68. The lowest BCUT2D eigenvalue weighted by atomic mass is 10.0. The Balaban J connectivity index is 1.57. The minimum absolute atomic E-state index is 0.0470. The van der Waals surface area contributed by atoms with Gasteiger partial charge in [0.25, 0.3) is 5.91 Å². The zero-order valence-electron chi connectivity index (χ0n) is 23.3. The number of halogens is 4. The molecule has 1 heterocycles. The molecule has 1 amide bonds. The average Bonchev–Trinajstić information content (AvgIpc) is 3.31. The molecule has 1 aromatic heterocycles. The third kappa shape index (κ3) is 6.18. The highest BCUT2D eigenvalue weighted by Crippen LogP contribution is 2.42. The molecule has 0 aliphatic heterocycles. The fraction of sp³-hybridized carbons (Fsp3) is 0.121. The van der Waals surface area contributed by atoms with E-state index >= 15 is 4.39 Å². The second-order valence-electron chi connectivity index (χ2n) is 9.91. The highest BCUT2D eigenvalue weighted by atomic mass is 19.4. The van der Waals surface area contributed by atoms with E-state index in [1.807, 2.05) is 32.0 Å². The molecule has 43 heavy (non-hydrogen) atoms. The first-order valence-electron chi connectivity index (χ1n) is 13.2. The van der Waals surface area contributed by atoms with Crippen LogP contribution in [0.5, 0.6) is 5.88 Å². The van der Waals surface area contributed by atoms with Gasteiger partial charge in [-0.1, -0.05) is 42.0 Å². The van der Waals surface area contributed by atoms with Crippen LogP contribution >= 0.6 is 0 Å². The molecule has 218 valence electrons. The van der Waals surface area contributed by atoms with E-state index in [-0.39, 0.29) is 22.7 Å². The maximum Gasteiger partial charge on any atom is 0.416 e. The zero-order chi connectivity index (χ0) is 30.9. The van der Waals surface area contributed by atoms with E-state index in [2.05, 4.69) is 5.32 Å². The average molecular weight is 588 g/mol. The van der Waals surface area contributed by atoms with Crippen LogP contribution in [0.1, 0.15) is 34.0 Å². The number of alkyl halides is 3. The van der Waals surface area contributed by atoms with Crippen molar-refractivity contribution in [1.29, 1.82) is 0 Å². The molecule has 0 fully saturated rings. The number of carbonyl (C=O) groups is 2. The summed E-state index contributed by atoms with van der Waals surface area (Å²) < 4.78 is 60.9. The van der Waals surface area contributed by atoms with Gasteiger partial charge in [-0.2, -0.15) is 23.0 Å². The lowest BCUT2D eigenvalue weighted by Gasteiger charge is -2.12. The van der Waals surface area contributed by atoms with E-state index in [0.29, 0.717) is 22.5 Å². The number of aromatic nitrogens is 2. The molecule has 0 unspecified atom stereocenters. The van der Waals surface area contributed by atoms with Gasteiger partial charge in [-0.25, -0.2) is 4.39 Å². The summed E-state index contributed by atoms with van der Waals surface area (Å²) >= 11 is 0. The lowest BCUT2D eigenvalue weighted by molar-refractivity contribution is -0.137. The quantitative estimate of drug-likeness (QED) is 0.161. The first kappa shape index (κ1) is 29.2. The lowest BCUT2D eigenvalue weighted by Crippen LogP contribution is -2.12. The maximum absolute atomic E-state index is 15.1. The summed E-state index contributed by atoms with van der Waals surface area (Å²) in [7, 11) is 0. The molecule has 0 aliphatic carbocycles. The summed E-state index contributed by atoms with van der Waals surface area (Å²) in [6.45, 7) is 5.09. The summed E-state index contributed by atoms with van der Waals surface area (Å²) in [5.74, 6) is -1.65. The van der Waals surface area contributed by atoms with Crippen molar-refractivity contribution in [2.75, 3.05) is 5.32 Å². The number of aryl methyl sites for hydroxylation is 2. The minimum Gasteiger partial charge on any atom is -0.407 e. The molecule has 0 atom stereocenters. The third-order valence-electron chi connectivity index (χ3n) is 6.70. The van der Waals surface area contributed by atoms with Crippen molar-refractivity contribution in [3.8, 4) is 34.0 Å². The molecule has 0 bridgehead atoms.